The fourth-order valence-electron chi connectivity index (χ4n) is 1.36. The SMILES string of the molecule is O=C(/C=C/c1ccc(Cl)cc1Cl)NC1=NCCS1. The second-order valence-corrected chi connectivity index (χ2v) is 5.45. The summed E-state index contributed by atoms with van der Waals surface area (Å²) in [5.41, 5.74) is 0.747. The van der Waals surface area contributed by atoms with Crippen LogP contribution in [-0.2, 0) is 4.79 Å². The van der Waals surface area contributed by atoms with Gasteiger partial charge in [0.15, 0.2) is 5.17 Å². The highest BCUT2D eigenvalue weighted by molar-refractivity contribution is 8.14. The Morgan fingerprint density at radius 1 is 1.44 bits per heavy atom. The molecule has 1 aliphatic rings. The molecule has 1 amide bonds. The molecule has 6 heteroatoms. The maximum absolute atomic E-state index is 11.6. The molecule has 1 heterocycles. The van der Waals surface area contributed by atoms with Gasteiger partial charge in [0.25, 0.3) is 0 Å². The van der Waals surface area contributed by atoms with Gasteiger partial charge in [-0.3, -0.25) is 9.79 Å². The average molecular weight is 301 g/mol. The van der Waals surface area contributed by atoms with Crippen molar-refractivity contribution in [2.24, 2.45) is 4.99 Å². The van der Waals surface area contributed by atoms with Gasteiger partial charge in [-0.15, -0.1) is 0 Å². The Morgan fingerprint density at radius 3 is 2.94 bits per heavy atom. The fraction of sp³-hybridized carbons (Fsp3) is 0.167. The minimum Gasteiger partial charge on any atom is -0.302 e. The van der Waals surface area contributed by atoms with Gasteiger partial charge in [-0.25, -0.2) is 0 Å². The number of amides is 1. The van der Waals surface area contributed by atoms with E-state index < -0.39 is 0 Å². The number of benzene rings is 1. The molecule has 0 saturated heterocycles. The molecular formula is C12H10Cl2N2OS. The quantitative estimate of drug-likeness (QED) is 0.852. The van der Waals surface area contributed by atoms with Gasteiger partial charge in [0.2, 0.25) is 5.91 Å². The normalized spacial score (nSPS) is 14.9. The molecular weight excluding hydrogens is 291 g/mol. The van der Waals surface area contributed by atoms with E-state index in [2.05, 4.69) is 10.3 Å². The molecule has 0 radical (unpaired) electrons. The number of rotatable bonds is 2. The summed E-state index contributed by atoms with van der Waals surface area (Å²) in [6, 6.07) is 5.12. The lowest BCUT2D eigenvalue weighted by molar-refractivity contribution is -0.115. The van der Waals surface area contributed by atoms with Crippen molar-refractivity contribution in [2.75, 3.05) is 12.3 Å². The first-order valence-electron chi connectivity index (χ1n) is 5.26. The van der Waals surface area contributed by atoms with E-state index in [9.17, 15) is 4.79 Å². The molecule has 0 saturated carbocycles. The highest BCUT2D eigenvalue weighted by atomic mass is 35.5. The maximum Gasteiger partial charge on any atom is 0.249 e. The molecule has 1 aliphatic heterocycles. The Balaban J connectivity index is 1.99. The zero-order chi connectivity index (χ0) is 13.0. The third-order valence-electron chi connectivity index (χ3n) is 2.19. The minimum absolute atomic E-state index is 0.214. The highest BCUT2D eigenvalue weighted by Crippen LogP contribution is 2.21. The van der Waals surface area contributed by atoms with E-state index in [-0.39, 0.29) is 5.91 Å². The first-order valence-corrected chi connectivity index (χ1v) is 7.00. The van der Waals surface area contributed by atoms with Crippen LogP contribution in [0.1, 0.15) is 5.56 Å². The molecule has 0 aliphatic carbocycles. The maximum atomic E-state index is 11.6. The monoisotopic (exact) mass is 300 g/mol. The second kappa shape index (κ2) is 6.27. The van der Waals surface area contributed by atoms with Crippen LogP contribution in [0.5, 0.6) is 0 Å². The molecule has 0 aromatic heterocycles. The second-order valence-electron chi connectivity index (χ2n) is 3.52. The molecule has 0 atom stereocenters. The number of aliphatic imine (C=N–C) groups is 1. The minimum atomic E-state index is -0.214. The molecule has 0 spiro atoms. The van der Waals surface area contributed by atoms with Crippen molar-refractivity contribution in [1.82, 2.24) is 5.32 Å². The molecule has 0 unspecified atom stereocenters. The van der Waals surface area contributed by atoms with Crippen molar-refractivity contribution in [3.05, 3.63) is 39.9 Å². The summed E-state index contributed by atoms with van der Waals surface area (Å²) in [4.78, 5) is 15.7. The topological polar surface area (TPSA) is 41.5 Å². The third kappa shape index (κ3) is 3.77. The van der Waals surface area contributed by atoms with Crippen LogP contribution in [0.2, 0.25) is 10.0 Å². The summed E-state index contributed by atoms with van der Waals surface area (Å²) in [5.74, 6) is 0.705. The first-order chi connectivity index (χ1) is 8.65. The third-order valence-corrected chi connectivity index (χ3v) is 3.65. The van der Waals surface area contributed by atoms with Crippen LogP contribution in [0.4, 0.5) is 0 Å². The van der Waals surface area contributed by atoms with Gasteiger partial charge >= 0.3 is 0 Å². The van der Waals surface area contributed by atoms with Crippen LogP contribution in [0.3, 0.4) is 0 Å². The molecule has 18 heavy (non-hydrogen) atoms. The predicted octanol–water partition coefficient (Wildman–Crippen LogP) is 3.23. The number of halogens is 2. The molecule has 94 valence electrons. The molecule has 3 nitrogen and oxygen atoms in total. The summed E-state index contributed by atoms with van der Waals surface area (Å²) in [7, 11) is 0. The Bertz CT molecular complexity index is 529. The summed E-state index contributed by atoms with van der Waals surface area (Å²) < 4.78 is 0. The highest BCUT2D eigenvalue weighted by Gasteiger charge is 2.08. The van der Waals surface area contributed by atoms with E-state index in [1.165, 1.54) is 17.8 Å². The van der Waals surface area contributed by atoms with Gasteiger partial charge in [0.1, 0.15) is 0 Å². The number of hydrogen-bond acceptors (Lipinski definition) is 3. The van der Waals surface area contributed by atoms with Gasteiger partial charge in [0.05, 0.1) is 6.54 Å². The number of nitrogens with zero attached hydrogens (tertiary/aromatic N) is 1. The van der Waals surface area contributed by atoms with Crippen LogP contribution in [-0.4, -0.2) is 23.4 Å². The molecule has 2 rings (SSSR count). The van der Waals surface area contributed by atoms with Crippen molar-refractivity contribution in [1.29, 1.82) is 0 Å². The molecule has 0 fully saturated rings. The van der Waals surface area contributed by atoms with Gasteiger partial charge in [-0.2, -0.15) is 0 Å². The van der Waals surface area contributed by atoms with E-state index in [1.54, 1.807) is 24.3 Å². The lowest BCUT2D eigenvalue weighted by atomic mass is 10.2. The summed E-state index contributed by atoms with van der Waals surface area (Å²) >= 11 is 13.3. The van der Waals surface area contributed by atoms with E-state index >= 15 is 0 Å². The summed E-state index contributed by atoms with van der Waals surface area (Å²) in [6.07, 6.45) is 3.07. The Labute approximate surface area is 119 Å². The number of carbonyl (C=O) groups excluding carboxylic acids is 1. The molecule has 1 aromatic carbocycles. The van der Waals surface area contributed by atoms with Gasteiger partial charge in [-0.1, -0.05) is 41.0 Å². The van der Waals surface area contributed by atoms with E-state index in [4.69, 9.17) is 23.2 Å². The number of hydrogen-bond donors (Lipinski definition) is 1. The number of carbonyl (C=O) groups is 1. The average Bonchev–Trinajstić information content (AvgIpc) is 2.80. The molecule has 0 bridgehead atoms. The lowest BCUT2D eigenvalue weighted by Crippen LogP contribution is -2.25. The van der Waals surface area contributed by atoms with Crippen LogP contribution in [0, 0.1) is 0 Å². The number of nitrogens with one attached hydrogen (secondary N) is 1. The lowest BCUT2D eigenvalue weighted by Gasteiger charge is -2.00. The van der Waals surface area contributed by atoms with E-state index in [1.807, 2.05) is 0 Å². The molecule has 1 N–H and O–H groups in total. The Kier molecular flexibility index (Phi) is 4.69. The van der Waals surface area contributed by atoms with Crippen LogP contribution >= 0.6 is 35.0 Å². The van der Waals surface area contributed by atoms with Gasteiger partial charge < -0.3 is 5.32 Å². The van der Waals surface area contributed by atoms with Crippen LogP contribution in [0.25, 0.3) is 6.08 Å². The van der Waals surface area contributed by atoms with E-state index in [0.717, 1.165) is 17.9 Å². The first kappa shape index (κ1) is 13.5. The van der Waals surface area contributed by atoms with Crippen molar-refractivity contribution in [2.45, 2.75) is 0 Å². The summed E-state index contributed by atoms with van der Waals surface area (Å²) in [6.45, 7) is 0.757. The zero-order valence-corrected chi connectivity index (χ0v) is 11.6. The van der Waals surface area contributed by atoms with Crippen LogP contribution < -0.4 is 5.32 Å². The number of amidine groups is 1. The van der Waals surface area contributed by atoms with Crippen molar-refractivity contribution < 1.29 is 4.79 Å². The fourth-order valence-corrected chi connectivity index (χ4v) is 2.56. The molecule has 1 aromatic rings. The smallest absolute Gasteiger partial charge is 0.249 e. The predicted molar refractivity (Wildman–Crippen MR) is 78.4 cm³/mol. The Morgan fingerprint density at radius 2 is 2.28 bits per heavy atom. The van der Waals surface area contributed by atoms with Crippen LogP contribution in [0.15, 0.2) is 29.3 Å². The van der Waals surface area contributed by atoms with Gasteiger partial charge in [0, 0.05) is 21.9 Å². The van der Waals surface area contributed by atoms with E-state index in [0.29, 0.717) is 15.2 Å². The zero-order valence-electron chi connectivity index (χ0n) is 9.32. The van der Waals surface area contributed by atoms with Crippen molar-refractivity contribution in [3.8, 4) is 0 Å². The van der Waals surface area contributed by atoms with Gasteiger partial charge in [-0.05, 0) is 23.8 Å². The van der Waals surface area contributed by atoms with Crippen molar-refractivity contribution in [3.63, 3.8) is 0 Å². The standard InChI is InChI=1S/C12H10Cl2N2OS/c13-9-3-1-8(10(14)7-9)2-4-11(17)16-12-15-5-6-18-12/h1-4,7H,5-6H2,(H,15,16,17)/b4-2+. The number of thioether (sulfide) groups is 1. The largest absolute Gasteiger partial charge is 0.302 e. The Hall–Kier alpha value is -0.970. The summed E-state index contributed by atoms with van der Waals surface area (Å²) in [5, 5.41) is 4.45. The van der Waals surface area contributed by atoms with Crippen molar-refractivity contribution >= 4 is 52.1 Å².